The molecule has 112 valence electrons. The van der Waals surface area contributed by atoms with Gasteiger partial charge in [0.2, 0.25) is 5.91 Å². The number of halogens is 1. The van der Waals surface area contributed by atoms with Gasteiger partial charge in [-0.05, 0) is 31.9 Å². The van der Waals surface area contributed by atoms with Gasteiger partial charge in [0.05, 0.1) is 17.8 Å². The number of anilines is 1. The van der Waals surface area contributed by atoms with E-state index in [2.05, 4.69) is 5.32 Å². The lowest BCUT2D eigenvalue weighted by Gasteiger charge is -2.14. The molecule has 0 heterocycles. The third kappa shape index (κ3) is 5.39. The first-order valence-corrected chi connectivity index (χ1v) is 7.21. The van der Waals surface area contributed by atoms with E-state index >= 15 is 0 Å². The summed E-state index contributed by atoms with van der Waals surface area (Å²) >= 11 is 6.06. The van der Waals surface area contributed by atoms with Crippen molar-refractivity contribution < 1.29 is 9.53 Å². The molecule has 0 aromatic heterocycles. The summed E-state index contributed by atoms with van der Waals surface area (Å²) < 4.78 is 5.12. The van der Waals surface area contributed by atoms with E-state index < -0.39 is 0 Å². The highest BCUT2D eigenvalue weighted by atomic mass is 35.5. The zero-order valence-electron chi connectivity index (χ0n) is 12.3. The van der Waals surface area contributed by atoms with Gasteiger partial charge < -0.3 is 15.8 Å². The monoisotopic (exact) mass is 298 g/mol. The van der Waals surface area contributed by atoms with Crippen molar-refractivity contribution in [1.29, 1.82) is 0 Å². The Morgan fingerprint density at radius 1 is 1.40 bits per heavy atom. The molecule has 1 amide bonds. The minimum Gasteiger partial charge on any atom is -0.497 e. The maximum absolute atomic E-state index is 12.1. The molecule has 0 radical (unpaired) electrons. The Bertz CT molecular complexity index is 449. The van der Waals surface area contributed by atoms with Crippen LogP contribution in [0.4, 0.5) is 5.69 Å². The van der Waals surface area contributed by atoms with Gasteiger partial charge in [0.25, 0.3) is 0 Å². The van der Waals surface area contributed by atoms with Crippen molar-refractivity contribution in [3.63, 3.8) is 0 Å². The largest absolute Gasteiger partial charge is 0.497 e. The second kappa shape index (κ2) is 8.12. The summed E-state index contributed by atoms with van der Waals surface area (Å²) in [7, 11) is 1.57. The normalized spacial score (nSPS) is 13.7. The molecular weight excluding hydrogens is 276 g/mol. The van der Waals surface area contributed by atoms with E-state index in [-0.39, 0.29) is 17.9 Å². The van der Waals surface area contributed by atoms with Crippen LogP contribution in [0.3, 0.4) is 0 Å². The van der Waals surface area contributed by atoms with E-state index in [1.165, 1.54) is 0 Å². The summed E-state index contributed by atoms with van der Waals surface area (Å²) in [4.78, 5) is 12.1. The quantitative estimate of drug-likeness (QED) is 0.810. The maximum atomic E-state index is 12.1. The number of rotatable bonds is 7. The maximum Gasteiger partial charge on any atom is 0.227 e. The van der Waals surface area contributed by atoms with Crippen molar-refractivity contribution in [1.82, 2.24) is 0 Å². The molecule has 0 aliphatic rings. The zero-order valence-corrected chi connectivity index (χ0v) is 13.0. The lowest BCUT2D eigenvalue weighted by atomic mass is 10.0. The van der Waals surface area contributed by atoms with Crippen LogP contribution in [0.1, 0.15) is 33.1 Å². The average Bonchev–Trinajstić information content (AvgIpc) is 2.40. The van der Waals surface area contributed by atoms with Crippen LogP contribution in [0.2, 0.25) is 5.02 Å². The molecule has 0 saturated heterocycles. The molecule has 5 heteroatoms. The molecule has 3 N–H and O–H groups in total. The Hall–Kier alpha value is -1.26. The number of methoxy groups -OCH3 is 1. The van der Waals surface area contributed by atoms with Crippen LogP contribution >= 0.6 is 11.6 Å². The molecule has 4 nitrogen and oxygen atoms in total. The van der Waals surface area contributed by atoms with Crippen LogP contribution in [0.15, 0.2) is 18.2 Å². The van der Waals surface area contributed by atoms with Crippen molar-refractivity contribution in [2.75, 3.05) is 12.4 Å². The van der Waals surface area contributed by atoms with E-state index in [4.69, 9.17) is 22.1 Å². The molecule has 0 bridgehead atoms. The SMILES string of the molecule is COc1ccc(Cl)c(NC(=O)C(C)CCCC(C)N)c1. The van der Waals surface area contributed by atoms with Crippen molar-refractivity contribution in [2.24, 2.45) is 11.7 Å². The second-order valence-electron chi connectivity index (χ2n) is 5.14. The summed E-state index contributed by atoms with van der Waals surface area (Å²) in [5, 5.41) is 3.34. The number of hydrogen-bond acceptors (Lipinski definition) is 3. The fraction of sp³-hybridized carbons (Fsp3) is 0.533. The fourth-order valence-corrected chi connectivity index (χ4v) is 2.02. The van der Waals surface area contributed by atoms with Gasteiger partial charge in [-0.1, -0.05) is 24.9 Å². The smallest absolute Gasteiger partial charge is 0.227 e. The highest BCUT2D eigenvalue weighted by Gasteiger charge is 2.14. The van der Waals surface area contributed by atoms with Gasteiger partial charge in [-0.3, -0.25) is 4.79 Å². The van der Waals surface area contributed by atoms with Crippen molar-refractivity contribution in [2.45, 2.75) is 39.2 Å². The molecule has 0 aliphatic heterocycles. The molecule has 2 unspecified atom stereocenters. The molecule has 0 aliphatic carbocycles. The van der Waals surface area contributed by atoms with Gasteiger partial charge in [-0.2, -0.15) is 0 Å². The zero-order chi connectivity index (χ0) is 15.1. The average molecular weight is 299 g/mol. The van der Waals surface area contributed by atoms with Crippen LogP contribution in [0, 0.1) is 5.92 Å². The van der Waals surface area contributed by atoms with Crippen molar-refractivity contribution in [3.05, 3.63) is 23.2 Å². The Balaban J connectivity index is 2.56. The molecular formula is C15H23ClN2O2. The van der Waals surface area contributed by atoms with Crippen LogP contribution in [-0.2, 0) is 4.79 Å². The first-order valence-electron chi connectivity index (χ1n) is 6.84. The van der Waals surface area contributed by atoms with Gasteiger partial charge in [0.15, 0.2) is 0 Å². The van der Waals surface area contributed by atoms with Gasteiger partial charge >= 0.3 is 0 Å². The number of benzene rings is 1. The van der Waals surface area contributed by atoms with E-state index in [9.17, 15) is 4.79 Å². The fourth-order valence-electron chi connectivity index (χ4n) is 1.86. The highest BCUT2D eigenvalue weighted by molar-refractivity contribution is 6.33. The van der Waals surface area contributed by atoms with E-state index in [0.717, 1.165) is 19.3 Å². The predicted molar refractivity (Wildman–Crippen MR) is 83.3 cm³/mol. The minimum absolute atomic E-state index is 0.0372. The number of amides is 1. The number of hydrogen-bond donors (Lipinski definition) is 2. The third-order valence-electron chi connectivity index (χ3n) is 3.18. The highest BCUT2D eigenvalue weighted by Crippen LogP contribution is 2.27. The Labute approximate surface area is 125 Å². The standard InChI is InChI=1S/C15H23ClN2O2/c1-10(5-4-6-11(2)17)15(19)18-14-9-12(20-3)7-8-13(14)16/h7-11H,4-6,17H2,1-3H3,(H,18,19). The van der Waals surface area contributed by atoms with Crippen LogP contribution in [0.5, 0.6) is 5.75 Å². The van der Waals surface area contributed by atoms with Gasteiger partial charge in [-0.25, -0.2) is 0 Å². The van der Waals surface area contributed by atoms with E-state index in [1.807, 2.05) is 13.8 Å². The lowest BCUT2D eigenvalue weighted by Crippen LogP contribution is -2.21. The molecule has 0 fully saturated rings. The Morgan fingerprint density at radius 3 is 2.70 bits per heavy atom. The summed E-state index contributed by atoms with van der Waals surface area (Å²) in [5.74, 6) is 0.551. The van der Waals surface area contributed by atoms with E-state index in [1.54, 1.807) is 25.3 Å². The van der Waals surface area contributed by atoms with Crippen LogP contribution in [0.25, 0.3) is 0 Å². The molecule has 20 heavy (non-hydrogen) atoms. The molecule has 1 aromatic carbocycles. The number of carbonyl (C=O) groups excluding carboxylic acids is 1. The Kier molecular flexibility index (Phi) is 6.82. The number of nitrogens with two attached hydrogens (primary N) is 1. The summed E-state index contributed by atoms with van der Waals surface area (Å²) in [6.45, 7) is 3.88. The van der Waals surface area contributed by atoms with Crippen LogP contribution < -0.4 is 15.8 Å². The minimum atomic E-state index is -0.0731. The van der Waals surface area contributed by atoms with Crippen molar-refractivity contribution >= 4 is 23.2 Å². The first-order chi connectivity index (χ1) is 9.43. The second-order valence-corrected chi connectivity index (χ2v) is 5.55. The molecule has 0 spiro atoms. The molecule has 2 atom stereocenters. The lowest BCUT2D eigenvalue weighted by molar-refractivity contribution is -0.119. The Morgan fingerprint density at radius 2 is 2.10 bits per heavy atom. The molecule has 0 saturated carbocycles. The topological polar surface area (TPSA) is 64.3 Å². The summed E-state index contributed by atoms with van der Waals surface area (Å²) in [5.41, 5.74) is 6.28. The number of carbonyl (C=O) groups is 1. The summed E-state index contributed by atoms with van der Waals surface area (Å²) in [6, 6.07) is 5.36. The predicted octanol–water partition coefficient (Wildman–Crippen LogP) is 3.44. The molecule has 1 aromatic rings. The van der Waals surface area contributed by atoms with Gasteiger partial charge in [0.1, 0.15) is 5.75 Å². The van der Waals surface area contributed by atoms with Gasteiger partial charge in [0, 0.05) is 18.0 Å². The van der Waals surface area contributed by atoms with Crippen LogP contribution in [-0.4, -0.2) is 19.1 Å². The van der Waals surface area contributed by atoms with Crippen molar-refractivity contribution in [3.8, 4) is 5.75 Å². The number of nitrogens with one attached hydrogen (secondary N) is 1. The number of ether oxygens (including phenoxy) is 1. The third-order valence-corrected chi connectivity index (χ3v) is 3.51. The van der Waals surface area contributed by atoms with Gasteiger partial charge in [-0.15, -0.1) is 0 Å². The first kappa shape index (κ1) is 16.8. The molecule has 1 rings (SSSR count). The van der Waals surface area contributed by atoms with E-state index in [0.29, 0.717) is 16.5 Å². The summed E-state index contributed by atoms with van der Waals surface area (Å²) in [6.07, 6.45) is 2.69.